The summed E-state index contributed by atoms with van der Waals surface area (Å²) in [6.07, 6.45) is 2.87. The minimum atomic E-state index is -0.617. The lowest BCUT2D eigenvalue weighted by Gasteiger charge is -2.10. The van der Waals surface area contributed by atoms with Crippen molar-refractivity contribution in [1.82, 2.24) is 5.32 Å². The summed E-state index contributed by atoms with van der Waals surface area (Å²) in [4.78, 5) is 12.0. The van der Waals surface area contributed by atoms with Gasteiger partial charge in [-0.05, 0) is 38.5 Å². The molecule has 0 aliphatic heterocycles. The maximum Gasteiger partial charge on any atom is 0.251 e. The van der Waals surface area contributed by atoms with Crippen LogP contribution in [0.4, 0.5) is 0 Å². The second kappa shape index (κ2) is 6.39. The molecule has 2 rings (SSSR count). The summed E-state index contributed by atoms with van der Waals surface area (Å²) < 4.78 is 4.91. The average Bonchev–Trinajstić information content (AvgIpc) is 2.91. The summed E-state index contributed by atoms with van der Waals surface area (Å²) in [5.41, 5.74) is 3.51. The molecule has 4 heteroatoms. The highest BCUT2D eigenvalue weighted by Crippen LogP contribution is 2.16. The smallest absolute Gasteiger partial charge is 0.251 e. The summed E-state index contributed by atoms with van der Waals surface area (Å²) in [5.74, 6) is -0.115. The number of carbonyl (C=O) groups excluding carboxylic acids is 1. The third-order valence-electron chi connectivity index (χ3n) is 3.12. The van der Waals surface area contributed by atoms with Gasteiger partial charge in [-0.15, -0.1) is 0 Å². The first-order valence-corrected chi connectivity index (χ1v) is 6.63. The largest absolute Gasteiger partial charge is 0.472 e. The molecule has 0 bridgehead atoms. The number of rotatable bonds is 5. The molecule has 0 aliphatic rings. The molecule has 2 N–H and O–H groups in total. The zero-order valence-electron chi connectivity index (χ0n) is 11.7. The summed E-state index contributed by atoms with van der Waals surface area (Å²) in [6.45, 7) is 4.34. The van der Waals surface area contributed by atoms with Crippen molar-refractivity contribution in [2.24, 2.45) is 0 Å². The molecule has 2 aromatic rings. The Balaban J connectivity index is 1.86. The van der Waals surface area contributed by atoms with E-state index in [2.05, 4.69) is 5.32 Å². The molecule has 0 fully saturated rings. The number of aliphatic hydroxyl groups is 1. The van der Waals surface area contributed by atoms with Gasteiger partial charge in [-0.1, -0.05) is 17.2 Å². The van der Waals surface area contributed by atoms with E-state index in [4.69, 9.17) is 4.42 Å². The number of benzene rings is 1. The Morgan fingerprint density at radius 3 is 2.60 bits per heavy atom. The third-order valence-corrected chi connectivity index (χ3v) is 3.12. The molecule has 106 valence electrons. The van der Waals surface area contributed by atoms with Crippen molar-refractivity contribution < 1.29 is 14.3 Å². The third kappa shape index (κ3) is 3.71. The molecule has 4 nitrogen and oxygen atoms in total. The van der Waals surface area contributed by atoms with Crippen LogP contribution in [0.1, 0.15) is 39.6 Å². The minimum absolute atomic E-state index is 0.115. The second-order valence-electron chi connectivity index (χ2n) is 4.99. The van der Waals surface area contributed by atoms with E-state index in [1.807, 2.05) is 32.0 Å². The van der Waals surface area contributed by atoms with Gasteiger partial charge in [0.15, 0.2) is 0 Å². The predicted octanol–water partition coefficient (Wildman–Crippen LogP) is 2.75. The molecule has 0 spiro atoms. The quantitative estimate of drug-likeness (QED) is 0.880. The van der Waals surface area contributed by atoms with Crippen LogP contribution >= 0.6 is 0 Å². The van der Waals surface area contributed by atoms with E-state index in [0.717, 1.165) is 16.7 Å². The molecule has 20 heavy (non-hydrogen) atoms. The normalized spacial score (nSPS) is 12.2. The predicted molar refractivity (Wildman–Crippen MR) is 76.5 cm³/mol. The van der Waals surface area contributed by atoms with Crippen molar-refractivity contribution in [1.29, 1.82) is 0 Å². The molecule has 0 saturated heterocycles. The first-order chi connectivity index (χ1) is 9.56. The van der Waals surface area contributed by atoms with Gasteiger partial charge in [0.2, 0.25) is 0 Å². The van der Waals surface area contributed by atoms with Gasteiger partial charge in [0.25, 0.3) is 5.91 Å². The average molecular weight is 273 g/mol. The van der Waals surface area contributed by atoms with Crippen LogP contribution in [0.25, 0.3) is 0 Å². The highest BCUT2D eigenvalue weighted by molar-refractivity contribution is 5.94. The Bertz CT molecular complexity index is 555. The number of nitrogens with one attached hydrogen (secondary N) is 1. The maximum atomic E-state index is 12.0. The molecule has 1 aromatic heterocycles. The Morgan fingerprint density at radius 2 is 2.00 bits per heavy atom. The summed E-state index contributed by atoms with van der Waals surface area (Å²) in [5, 5.41) is 12.7. The number of carbonyl (C=O) groups is 1. The Labute approximate surface area is 118 Å². The van der Waals surface area contributed by atoms with E-state index < -0.39 is 6.10 Å². The van der Waals surface area contributed by atoms with Crippen molar-refractivity contribution >= 4 is 5.91 Å². The van der Waals surface area contributed by atoms with Crippen LogP contribution in [0, 0.1) is 13.8 Å². The first-order valence-electron chi connectivity index (χ1n) is 6.63. The van der Waals surface area contributed by atoms with Crippen molar-refractivity contribution in [3.8, 4) is 0 Å². The molecule has 0 radical (unpaired) electrons. The lowest BCUT2D eigenvalue weighted by molar-refractivity contribution is 0.0942. The summed E-state index contributed by atoms with van der Waals surface area (Å²) in [7, 11) is 0. The summed E-state index contributed by atoms with van der Waals surface area (Å²) >= 11 is 0. The van der Waals surface area contributed by atoms with Gasteiger partial charge in [0.05, 0.1) is 18.6 Å². The number of hydrogen-bond acceptors (Lipinski definition) is 3. The van der Waals surface area contributed by atoms with Gasteiger partial charge in [-0.2, -0.15) is 0 Å². The molecular formula is C16H19NO3. The van der Waals surface area contributed by atoms with Crippen LogP contribution in [0.3, 0.4) is 0 Å². The van der Waals surface area contributed by atoms with E-state index in [-0.39, 0.29) is 5.91 Å². The fourth-order valence-corrected chi connectivity index (χ4v) is 2.16. The molecule has 1 heterocycles. The van der Waals surface area contributed by atoms with Crippen molar-refractivity contribution in [2.75, 3.05) is 6.54 Å². The van der Waals surface area contributed by atoms with E-state index >= 15 is 0 Å². The fraction of sp³-hybridized carbons (Fsp3) is 0.312. The van der Waals surface area contributed by atoms with Crippen molar-refractivity contribution in [2.45, 2.75) is 26.4 Å². The van der Waals surface area contributed by atoms with E-state index in [0.29, 0.717) is 18.5 Å². The molecule has 1 atom stereocenters. The van der Waals surface area contributed by atoms with Crippen LogP contribution in [0.15, 0.2) is 41.2 Å². The van der Waals surface area contributed by atoms with Crippen molar-refractivity contribution in [3.63, 3.8) is 0 Å². The standard InChI is InChI=1S/C16H19NO3/c1-11-7-12(2)9-14(8-11)16(19)17-5-3-15(18)13-4-6-20-10-13/h4,6-10,15,18H,3,5H2,1-2H3,(H,17,19). The Hall–Kier alpha value is -2.07. The van der Waals surface area contributed by atoms with E-state index in [1.54, 1.807) is 6.07 Å². The lowest BCUT2D eigenvalue weighted by Crippen LogP contribution is -2.25. The Morgan fingerprint density at radius 1 is 1.30 bits per heavy atom. The molecule has 1 unspecified atom stereocenters. The van der Waals surface area contributed by atoms with Crippen LogP contribution < -0.4 is 5.32 Å². The van der Waals surface area contributed by atoms with Crippen LogP contribution in [-0.4, -0.2) is 17.6 Å². The van der Waals surface area contributed by atoms with E-state index in [9.17, 15) is 9.90 Å². The second-order valence-corrected chi connectivity index (χ2v) is 4.99. The van der Waals surface area contributed by atoms with Crippen LogP contribution in [-0.2, 0) is 0 Å². The number of furan rings is 1. The topological polar surface area (TPSA) is 62.5 Å². The SMILES string of the molecule is Cc1cc(C)cc(C(=O)NCCC(O)c2ccoc2)c1. The highest BCUT2D eigenvalue weighted by atomic mass is 16.3. The van der Waals surface area contributed by atoms with Crippen LogP contribution in [0.2, 0.25) is 0 Å². The zero-order valence-corrected chi connectivity index (χ0v) is 11.7. The van der Waals surface area contributed by atoms with Gasteiger partial charge in [0, 0.05) is 17.7 Å². The van der Waals surface area contributed by atoms with Gasteiger partial charge >= 0.3 is 0 Å². The molecule has 0 aliphatic carbocycles. The number of aliphatic hydroxyl groups excluding tert-OH is 1. The molecule has 1 aromatic carbocycles. The van der Waals surface area contributed by atoms with Gasteiger partial charge in [0.1, 0.15) is 0 Å². The highest BCUT2D eigenvalue weighted by Gasteiger charge is 2.10. The number of aryl methyl sites for hydroxylation is 2. The van der Waals surface area contributed by atoms with Gasteiger partial charge in [-0.3, -0.25) is 4.79 Å². The molecular weight excluding hydrogens is 254 g/mol. The van der Waals surface area contributed by atoms with Crippen molar-refractivity contribution in [3.05, 3.63) is 59.0 Å². The number of amides is 1. The number of hydrogen-bond donors (Lipinski definition) is 2. The lowest BCUT2D eigenvalue weighted by atomic mass is 10.1. The first kappa shape index (κ1) is 14.3. The Kier molecular flexibility index (Phi) is 4.58. The monoisotopic (exact) mass is 273 g/mol. The summed E-state index contributed by atoms with van der Waals surface area (Å²) in [6, 6.07) is 7.46. The fourth-order valence-electron chi connectivity index (χ4n) is 2.16. The van der Waals surface area contributed by atoms with Gasteiger partial charge < -0.3 is 14.8 Å². The van der Waals surface area contributed by atoms with E-state index in [1.165, 1.54) is 12.5 Å². The maximum absolute atomic E-state index is 12.0. The van der Waals surface area contributed by atoms with Gasteiger partial charge in [-0.25, -0.2) is 0 Å². The molecule has 0 saturated carbocycles. The zero-order chi connectivity index (χ0) is 14.5. The van der Waals surface area contributed by atoms with Crippen LogP contribution in [0.5, 0.6) is 0 Å². The minimum Gasteiger partial charge on any atom is -0.472 e. The molecule has 1 amide bonds.